The summed E-state index contributed by atoms with van der Waals surface area (Å²) in [5.74, 6) is 0.854. The van der Waals surface area contributed by atoms with Crippen molar-refractivity contribution in [2.24, 2.45) is 0 Å². The van der Waals surface area contributed by atoms with Gasteiger partial charge in [0.15, 0.2) is 0 Å². The van der Waals surface area contributed by atoms with Crippen LogP contribution in [0.15, 0.2) is 115 Å². The molecule has 0 aliphatic rings. The van der Waals surface area contributed by atoms with Gasteiger partial charge in [-0.25, -0.2) is 9.97 Å². The van der Waals surface area contributed by atoms with E-state index in [1.54, 1.807) is 19.1 Å². The lowest BCUT2D eigenvalue weighted by Crippen LogP contribution is -2.06. The molecular formula is C46H49Cl3F6N2. The minimum absolute atomic E-state index is 0.264. The normalized spacial score (nSPS) is 10.4. The molecule has 0 fully saturated rings. The Labute approximate surface area is 348 Å². The number of halogens is 9. The highest BCUT2D eigenvalue weighted by atomic mass is 35.5. The summed E-state index contributed by atoms with van der Waals surface area (Å²) in [7, 11) is 0. The molecule has 0 radical (unpaired) electrons. The van der Waals surface area contributed by atoms with E-state index in [1.807, 2.05) is 83.1 Å². The first-order chi connectivity index (χ1) is 26.4. The lowest BCUT2D eigenvalue weighted by atomic mass is 10.1. The quantitative estimate of drug-likeness (QED) is 0.142. The highest BCUT2D eigenvalue weighted by molar-refractivity contribution is 6.35. The summed E-state index contributed by atoms with van der Waals surface area (Å²) >= 11 is 17.2. The monoisotopic (exact) mass is 848 g/mol. The van der Waals surface area contributed by atoms with Crippen LogP contribution in [0.4, 0.5) is 26.3 Å². The van der Waals surface area contributed by atoms with Crippen LogP contribution in [0.2, 0.25) is 15.1 Å². The third-order valence-electron chi connectivity index (χ3n) is 8.04. The molecule has 0 amide bonds. The van der Waals surface area contributed by atoms with Gasteiger partial charge in [-0.3, -0.25) is 0 Å². The molecule has 1 aromatic heterocycles. The molecule has 1 heterocycles. The molecule has 6 rings (SSSR count). The Bertz CT molecular complexity index is 1970. The van der Waals surface area contributed by atoms with Crippen LogP contribution in [0.1, 0.15) is 67.3 Å². The molecule has 11 heteroatoms. The third kappa shape index (κ3) is 20.1. The van der Waals surface area contributed by atoms with Crippen LogP contribution in [-0.4, -0.2) is 9.97 Å². The molecule has 0 aliphatic carbocycles. The van der Waals surface area contributed by atoms with E-state index in [9.17, 15) is 26.3 Å². The molecule has 0 N–H and O–H groups in total. The zero-order valence-corrected chi connectivity index (χ0v) is 36.0. The number of aromatic nitrogens is 2. The number of alkyl halides is 6. The topological polar surface area (TPSA) is 25.8 Å². The van der Waals surface area contributed by atoms with Gasteiger partial charge in [-0.05, 0) is 139 Å². The van der Waals surface area contributed by atoms with Crippen LogP contribution in [-0.2, 0) is 12.4 Å². The first-order valence-corrected chi connectivity index (χ1v) is 18.8. The maximum absolute atomic E-state index is 12.0. The molecule has 6 aromatic rings. The lowest BCUT2D eigenvalue weighted by molar-refractivity contribution is -0.138. The zero-order chi connectivity index (χ0) is 43.5. The summed E-state index contributed by atoms with van der Waals surface area (Å²) in [4.78, 5) is 8.25. The number of rotatable bonds is 0. The van der Waals surface area contributed by atoms with Gasteiger partial charge in [0.1, 0.15) is 5.82 Å². The van der Waals surface area contributed by atoms with E-state index in [0.717, 1.165) is 61.6 Å². The van der Waals surface area contributed by atoms with Crippen LogP contribution in [0.3, 0.4) is 0 Å². The predicted octanol–water partition coefficient (Wildman–Crippen LogP) is 16.0. The van der Waals surface area contributed by atoms with Crippen molar-refractivity contribution < 1.29 is 26.3 Å². The molecule has 0 unspecified atom stereocenters. The third-order valence-corrected chi connectivity index (χ3v) is 9.29. The molecule has 57 heavy (non-hydrogen) atoms. The summed E-state index contributed by atoms with van der Waals surface area (Å²) < 4.78 is 72.0. The average Bonchev–Trinajstić information content (AvgIpc) is 3.11. The maximum Gasteiger partial charge on any atom is 0.416 e. The smallest absolute Gasteiger partial charge is 0.239 e. The zero-order valence-electron chi connectivity index (χ0n) is 33.8. The Morgan fingerprint density at radius 2 is 0.825 bits per heavy atom. The average molecular weight is 850 g/mol. The molecule has 0 spiro atoms. The Hall–Kier alpha value is -4.37. The predicted molar refractivity (Wildman–Crippen MR) is 227 cm³/mol. The standard InChI is InChI=1S/C9H12.2C8H7F3.C7H6Cl2.C7H7Cl.C7H10N2/c1-7-5-4-6-8(2)9(7)3;1-6-3-2-4-7(5-6)8(9,10)11;1-6-4-2-3-5-7(6)8(9,10)11;1-5-6(8)3-2-4-7(5)9;1-6-4-2-3-5-7(6)8;1-5-4-6(2)9-7(3)8-5/h4-6H,1-3H3;2*2-5H,1H3;2-4H,1H3;2-5H,1H3;4H,1-3H3. The van der Waals surface area contributed by atoms with Crippen LogP contribution in [0, 0.1) is 69.2 Å². The van der Waals surface area contributed by atoms with Gasteiger partial charge in [-0.2, -0.15) is 26.3 Å². The summed E-state index contributed by atoms with van der Waals surface area (Å²) in [5.41, 5.74) is 8.09. The Morgan fingerprint density at radius 1 is 0.404 bits per heavy atom. The van der Waals surface area contributed by atoms with Crippen molar-refractivity contribution in [3.05, 3.63) is 198 Å². The van der Waals surface area contributed by atoms with Gasteiger partial charge in [-0.15, -0.1) is 0 Å². The number of benzene rings is 5. The molecule has 2 nitrogen and oxygen atoms in total. The second-order valence-corrected chi connectivity index (χ2v) is 14.2. The summed E-state index contributed by atoms with van der Waals surface area (Å²) in [6.45, 7) is 19.3. The fourth-order valence-corrected chi connectivity index (χ4v) is 5.18. The van der Waals surface area contributed by atoms with Gasteiger partial charge in [-0.1, -0.05) is 119 Å². The highest BCUT2D eigenvalue weighted by Crippen LogP contribution is 2.31. The number of nitrogens with zero attached hydrogens (tertiary/aromatic N) is 2. The van der Waals surface area contributed by atoms with Crippen molar-refractivity contribution in [2.75, 3.05) is 0 Å². The Kier molecular flexibility index (Phi) is 21.7. The van der Waals surface area contributed by atoms with E-state index in [0.29, 0.717) is 5.56 Å². The van der Waals surface area contributed by atoms with Crippen LogP contribution < -0.4 is 0 Å². The van der Waals surface area contributed by atoms with Crippen LogP contribution in [0.25, 0.3) is 0 Å². The number of hydrogen-bond acceptors (Lipinski definition) is 2. The van der Waals surface area contributed by atoms with E-state index >= 15 is 0 Å². The van der Waals surface area contributed by atoms with Crippen molar-refractivity contribution >= 4 is 34.8 Å². The Morgan fingerprint density at radius 3 is 1.16 bits per heavy atom. The minimum Gasteiger partial charge on any atom is -0.239 e. The van der Waals surface area contributed by atoms with Gasteiger partial charge >= 0.3 is 12.4 Å². The van der Waals surface area contributed by atoms with E-state index in [2.05, 4.69) is 48.9 Å². The van der Waals surface area contributed by atoms with Gasteiger partial charge in [0.25, 0.3) is 0 Å². The van der Waals surface area contributed by atoms with Gasteiger partial charge < -0.3 is 0 Å². The van der Waals surface area contributed by atoms with Crippen molar-refractivity contribution in [2.45, 2.75) is 81.6 Å². The molecule has 0 aliphatic heterocycles. The summed E-state index contributed by atoms with van der Waals surface area (Å²) in [6.07, 6.45) is -8.43. The van der Waals surface area contributed by atoms with E-state index in [1.165, 1.54) is 41.8 Å². The molecule has 306 valence electrons. The van der Waals surface area contributed by atoms with E-state index in [4.69, 9.17) is 34.8 Å². The van der Waals surface area contributed by atoms with Crippen molar-refractivity contribution in [1.82, 2.24) is 9.97 Å². The van der Waals surface area contributed by atoms with Crippen molar-refractivity contribution in [3.8, 4) is 0 Å². The fourth-order valence-electron chi connectivity index (χ4n) is 4.64. The van der Waals surface area contributed by atoms with Crippen LogP contribution in [0.5, 0.6) is 0 Å². The highest BCUT2D eigenvalue weighted by Gasteiger charge is 2.31. The first-order valence-electron chi connectivity index (χ1n) is 17.6. The minimum atomic E-state index is -4.22. The second kappa shape index (κ2) is 24.4. The molecule has 0 atom stereocenters. The van der Waals surface area contributed by atoms with E-state index in [-0.39, 0.29) is 5.56 Å². The van der Waals surface area contributed by atoms with Crippen molar-refractivity contribution in [1.29, 1.82) is 0 Å². The molecule has 0 bridgehead atoms. The summed E-state index contributed by atoms with van der Waals surface area (Å²) in [5, 5.41) is 2.29. The lowest BCUT2D eigenvalue weighted by Gasteiger charge is -2.08. The van der Waals surface area contributed by atoms with Crippen LogP contribution >= 0.6 is 34.8 Å². The van der Waals surface area contributed by atoms with E-state index < -0.39 is 23.5 Å². The van der Waals surface area contributed by atoms with Gasteiger partial charge in [0.2, 0.25) is 0 Å². The fraction of sp³-hybridized carbons (Fsp3) is 0.261. The Balaban J connectivity index is 0.000000343. The molecular weight excluding hydrogens is 801 g/mol. The van der Waals surface area contributed by atoms with Gasteiger partial charge in [0, 0.05) is 26.5 Å². The number of aryl methyl sites for hydroxylation is 8. The molecule has 0 saturated heterocycles. The molecule has 0 saturated carbocycles. The maximum atomic E-state index is 12.0. The first kappa shape index (κ1) is 50.6. The second-order valence-electron chi connectivity index (χ2n) is 13.0. The SMILES string of the molecule is Cc1c(Cl)cccc1Cl.Cc1cc(C)nc(C)n1.Cc1cccc(C(F)(F)F)c1.Cc1cccc(C)c1C.Cc1ccccc1C(F)(F)F.Cc1ccccc1Cl. The largest absolute Gasteiger partial charge is 0.416 e. The van der Waals surface area contributed by atoms with Gasteiger partial charge in [0.05, 0.1) is 11.1 Å². The van der Waals surface area contributed by atoms with Crippen molar-refractivity contribution in [3.63, 3.8) is 0 Å². The molecule has 5 aromatic carbocycles. The number of hydrogen-bond donors (Lipinski definition) is 0. The summed E-state index contributed by atoms with van der Waals surface area (Å²) in [6, 6.07) is 32.3.